The predicted octanol–water partition coefficient (Wildman–Crippen LogP) is 5.32. The van der Waals surface area contributed by atoms with E-state index >= 15 is 0 Å². The van der Waals surface area contributed by atoms with Crippen LogP contribution in [0.5, 0.6) is 5.75 Å². The van der Waals surface area contributed by atoms with Gasteiger partial charge in [-0.05, 0) is 67.4 Å². The van der Waals surface area contributed by atoms with Gasteiger partial charge < -0.3 is 19.8 Å². The van der Waals surface area contributed by atoms with Crippen molar-refractivity contribution in [3.8, 4) is 5.75 Å². The van der Waals surface area contributed by atoms with Crippen LogP contribution < -0.4 is 15.4 Å². The van der Waals surface area contributed by atoms with Gasteiger partial charge in [-0.25, -0.2) is 0 Å². The summed E-state index contributed by atoms with van der Waals surface area (Å²) < 4.78 is 11.1. The number of hydrogen-bond acceptors (Lipinski definition) is 4. The number of benzene rings is 3. The first-order valence-corrected chi connectivity index (χ1v) is 9.88. The van der Waals surface area contributed by atoms with Gasteiger partial charge in [-0.3, -0.25) is 9.59 Å². The van der Waals surface area contributed by atoms with Gasteiger partial charge in [0.15, 0.2) is 12.4 Å². The molecule has 0 spiro atoms. The fourth-order valence-corrected chi connectivity index (χ4v) is 3.21. The van der Waals surface area contributed by atoms with Gasteiger partial charge in [-0.1, -0.05) is 30.3 Å². The maximum atomic E-state index is 12.6. The molecule has 4 aromatic rings. The van der Waals surface area contributed by atoms with E-state index in [1.54, 1.807) is 24.3 Å². The minimum absolute atomic E-state index is 0.0902. The van der Waals surface area contributed by atoms with Gasteiger partial charge in [0.25, 0.3) is 11.8 Å². The van der Waals surface area contributed by atoms with Crippen LogP contribution in [0, 0.1) is 13.8 Å². The molecule has 6 nitrogen and oxygen atoms in total. The SMILES string of the molecule is Cc1cccc(OCC(=O)Nc2ccc(NC(=O)c3cc4ccccc4o3)c(C)c2)c1. The third-order valence-corrected chi connectivity index (χ3v) is 4.77. The maximum Gasteiger partial charge on any atom is 0.291 e. The molecule has 0 radical (unpaired) electrons. The lowest BCUT2D eigenvalue weighted by Crippen LogP contribution is -2.20. The molecule has 0 atom stereocenters. The predicted molar refractivity (Wildman–Crippen MR) is 121 cm³/mol. The van der Waals surface area contributed by atoms with Gasteiger partial charge in [0.05, 0.1) is 0 Å². The van der Waals surface area contributed by atoms with Gasteiger partial charge in [-0.2, -0.15) is 0 Å². The molecule has 1 aromatic heterocycles. The van der Waals surface area contributed by atoms with Crippen LogP contribution in [0.4, 0.5) is 11.4 Å². The summed E-state index contributed by atoms with van der Waals surface area (Å²) in [6.45, 7) is 3.73. The highest BCUT2D eigenvalue weighted by molar-refractivity contribution is 6.05. The normalized spacial score (nSPS) is 10.6. The minimum atomic E-state index is -0.331. The highest BCUT2D eigenvalue weighted by atomic mass is 16.5. The number of amides is 2. The molecule has 4 rings (SSSR count). The van der Waals surface area contributed by atoms with Crippen molar-refractivity contribution in [2.24, 2.45) is 0 Å². The molecule has 0 aliphatic rings. The van der Waals surface area contributed by atoms with Gasteiger partial charge in [0, 0.05) is 16.8 Å². The second-order valence-electron chi connectivity index (χ2n) is 7.29. The number of carbonyl (C=O) groups is 2. The molecule has 0 saturated carbocycles. The molecular weight excluding hydrogens is 392 g/mol. The lowest BCUT2D eigenvalue weighted by Gasteiger charge is -2.11. The van der Waals surface area contributed by atoms with E-state index < -0.39 is 0 Å². The smallest absolute Gasteiger partial charge is 0.291 e. The number of fused-ring (bicyclic) bond motifs is 1. The van der Waals surface area contributed by atoms with Crippen LogP contribution in [0.25, 0.3) is 11.0 Å². The van der Waals surface area contributed by atoms with Crippen molar-refractivity contribution in [3.63, 3.8) is 0 Å². The van der Waals surface area contributed by atoms with Crippen molar-refractivity contribution in [1.29, 1.82) is 0 Å². The largest absolute Gasteiger partial charge is 0.484 e. The van der Waals surface area contributed by atoms with E-state index in [4.69, 9.17) is 9.15 Å². The Labute approximate surface area is 179 Å². The standard InChI is InChI=1S/C25H22N2O4/c1-16-6-5-8-20(12-16)30-15-24(28)26-19-10-11-21(17(2)13-19)27-25(29)23-14-18-7-3-4-9-22(18)31-23/h3-14H,15H2,1-2H3,(H,26,28)(H,27,29). The number of rotatable bonds is 6. The average molecular weight is 414 g/mol. The van der Waals surface area contributed by atoms with Crippen molar-refractivity contribution < 1.29 is 18.7 Å². The average Bonchev–Trinajstić information content (AvgIpc) is 3.19. The number of ether oxygens (including phenoxy) is 1. The summed E-state index contributed by atoms with van der Waals surface area (Å²) in [7, 11) is 0. The molecule has 1 heterocycles. The molecule has 2 amide bonds. The number of carbonyl (C=O) groups excluding carboxylic acids is 2. The van der Waals surface area contributed by atoms with Crippen LogP contribution in [0.2, 0.25) is 0 Å². The van der Waals surface area contributed by atoms with E-state index in [1.165, 1.54) is 0 Å². The topological polar surface area (TPSA) is 80.6 Å². The van der Waals surface area contributed by atoms with Crippen molar-refractivity contribution in [2.45, 2.75) is 13.8 Å². The zero-order valence-corrected chi connectivity index (χ0v) is 17.3. The molecule has 0 aliphatic carbocycles. The molecule has 0 saturated heterocycles. The number of anilines is 2. The van der Waals surface area contributed by atoms with Crippen LogP contribution in [-0.2, 0) is 4.79 Å². The fraction of sp³-hybridized carbons (Fsp3) is 0.120. The number of hydrogen-bond donors (Lipinski definition) is 2. The van der Waals surface area contributed by atoms with Crippen molar-refractivity contribution in [2.75, 3.05) is 17.2 Å². The molecule has 156 valence electrons. The summed E-state index contributed by atoms with van der Waals surface area (Å²) in [5, 5.41) is 6.52. The van der Waals surface area contributed by atoms with Crippen molar-refractivity contribution in [1.82, 2.24) is 0 Å². The summed E-state index contributed by atoms with van der Waals surface area (Å²) in [6.07, 6.45) is 0. The molecule has 31 heavy (non-hydrogen) atoms. The second kappa shape index (κ2) is 8.75. The summed E-state index contributed by atoms with van der Waals surface area (Å²) in [5.74, 6) is 0.295. The van der Waals surface area contributed by atoms with Gasteiger partial charge in [0.2, 0.25) is 0 Å². The van der Waals surface area contributed by atoms with E-state index in [0.717, 1.165) is 16.5 Å². The first-order chi connectivity index (χ1) is 15.0. The summed E-state index contributed by atoms with van der Waals surface area (Å²) >= 11 is 0. The fourth-order valence-electron chi connectivity index (χ4n) is 3.21. The molecule has 6 heteroatoms. The highest BCUT2D eigenvalue weighted by Crippen LogP contribution is 2.23. The van der Waals surface area contributed by atoms with Gasteiger partial charge in [0.1, 0.15) is 11.3 Å². The molecule has 0 fully saturated rings. The van der Waals surface area contributed by atoms with E-state index in [-0.39, 0.29) is 24.2 Å². The molecule has 2 N–H and O–H groups in total. The molecule has 0 unspecified atom stereocenters. The quantitative estimate of drug-likeness (QED) is 0.447. The Kier molecular flexibility index (Phi) is 5.71. The zero-order chi connectivity index (χ0) is 21.8. The summed E-state index contributed by atoms with van der Waals surface area (Å²) in [5.41, 5.74) is 3.79. The van der Waals surface area contributed by atoms with Crippen LogP contribution in [0.1, 0.15) is 21.7 Å². The Morgan fingerprint density at radius 3 is 2.52 bits per heavy atom. The van der Waals surface area contributed by atoms with E-state index in [2.05, 4.69) is 10.6 Å². The third kappa shape index (κ3) is 4.93. The minimum Gasteiger partial charge on any atom is -0.484 e. The van der Waals surface area contributed by atoms with Crippen LogP contribution in [-0.4, -0.2) is 18.4 Å². The molecule has 0 bridgehead atoms. The van der Waals surface area contributed by atoms with Crippen molar-refractivity contribution in [3.05, 3.63) is 89.7 Å². The summed E-state index contributed by atoms with van der Waals surface area (Å²) in [6, 6.07) is 22.0. The summed E-state index contributed by atoms with van der Waals surface area (Å²) in [4.78, 5) is 24.7. The van der Waals surface area contributed by atoms with Gasteiger partial charge >= 0.3 is 0 Å². The first-order valence-electron chi connectivity index (χ1n) is 9.88. The van der Waals surface area contributed by atoms with Crippen LogP contribution >= 0.6 is 0 Å². The Hall–Kier alpha value is -4.06. The van der Waals surface area contributed by atoms with E-state index in [1.807, 2.05) is 62.4 Å². The van der Waals surface area contributed by atoms with Crippen molar-refractivity contribution >= 4 is 34.2 Å². The Morgan fingerprint density at radius 1 is 0.903 bits per heavy atom. The number of para-hydroxylation sites is 1. The number of furan rings is 1. The molecule has 0 aliphatic heterocycles. The Bertz CT molecular complexity index is 1230. The Balaban J connectivity index is 1.37. The lowest BCUT2D eigenvalue weighted by atomic mass is 10.1. The number of aryl methyl sites for hydroxylation is 2. The Morgan fingerprint density at radius 2 is 1.74 bits per heavy atom. The van der Waals surface area contributed by atoms with E-state index in [9.17, 15) is 9.59 Å². The number of nitrogens with one attached hydrogen (secondary N) is 2. The molecule has 3 aromatic carbocycles. The van der Waals surface area contributed by atoms with Crippen LogP contribution in [0.3, 0.4) is 0 Å². The first kappa shape index (κ1) is 20.2. The zero-order valence-electron chi connectivity index (χ0n) is 17.3. The third-order valence-electron chi connectivity index (χ3n) is 4.77. The highest BCUT2D eigenvalue weighted by Gasteiger charge is 2.14. The van der Waals surface area contributed by atoms with Gasteiger partial charge in [-0.15, -0.1) is 0 Å². The van der Waals surface area contributed by atoms with Crippen LogP contribution in [0.15, 0.2) is 77.2 Å². The lowest BCUT2D eigenvalue weighted by molar-refractivity contribution is -0.118. The van der Waals surface area contributed by atoms with E-state index in [0.29, 0.717) is 22.7 Å². The molecular formula is C25H22N2O4. The monoisotopic (exact) mass is 414 g/mol. The second-order valence-corrected chi connectivity index (χ2v) is 7.29. The maximum absolute atomic E-state index is 12.6.